The molecule has 0 bridgehead atoms. The topological polar surface area (TPSA) is 51.8 Å². The number of piperidine rings is 1. The molecule has 8 heteroatoms. The van der Waals surface area contributed by atoms with Crippen LogP contribution in [-0.4, -0.2) is 42.5 Å². The van der Waals surface area contributed by atoms with Gasteiger partial charge in [-0.3, -0.25) is 4.90 Å². The summed E-state index contributed by atoms with van der Waals surface area (Å²) in [5.41, 5.74) is 4.16. The fraction of sp³-hybridized carbons (Fsp3) is 0.320. The summed E-state index contributed by atoms with van der Waals surface area (Å²) >= 11 is 0. The number of benzene rings is 2. The third kappa shape index (κ3) is 4.30. The van der Waals surface area contributed by atoms with E-state index < -0.39 is 11.6 Å². The molecular weight excluding hydrogens is 422 g/mol. The number of halogens is 2. The van der Waals surface area contributed by atoms with E-state index in [0.717, 1.165) is 60.2 Å². The number of likely N-dealkylation sites (tertiary alicyclic amines) is 1. The molecule has 0 saturated carbocycles. The lowest BCUT2D eigenvalue weighted by molar-refractivity contribution is 0.195. The minimum atomic E-state index is -0.638. The summed E-state index contributed by atoms with van der Waals surface area (Å²) in [6, 6.07) is 11.6. The molecule has 1 saturated heterocycles. The van der Waals surface area contributed by atoms with E-state index in [1.54, 1.807) is 6.33 Å². The summed E-state index contributed by atoms with van der Waals surface area (Å²) in [7, 11) is 1.98. The Morgan fingerprint density at radius 1 is 1.12 bits per heavy atom. The molecule has 0 aliphatic carbocycles. The van der Waals surface area contributed by atoms with Crippen LogP contribution in [0.1, 0.15) is 35.7 Å². The lowest BCUT2D eigenvalue weighted by Crippen LogP contribution is -2.34. The minimum absolute atomic E-state index is 0.230. The monoisotopic (exact) mass is 448 g/mol. The highest BCUT2D eigenvalue weighted by Crippen LogP contribution is 2.31. The maximum absolute atomic E-state index is 14.5. The number of rotatable bonds is 5. The molecule has 0 N–H and O–H groups in total. The second kappa shape index (κ2) is 8.86. The fourth-order valence-electron chi connectivity index (χ4n) is 4.69. The Morgan fingerprint density at radius 3 is 2.73 bits per heavy atom. The van der Waals surface area contributed by atoms with E-state index in [1.807, 2.05) is 49.0 Å². The third-order valence-corrected chi connectivity index (χ3v) is 6.36. The number of aromatic nitrogens is 5. The van der Waals surface area contributed by atoms with Gasteiger partial charge in [0.05, 0.1) is 5.69 Å². The van der Waals surface area contributed by atoms with Crippen LogP contribution in [0.3, 0.4) is 0 Å². The van der Waals surface area contributed by atoms with Crippen molar-refractivity contribution in [1.29, 1.82) is 0 Å². The maximum Gasteiger partial charge on any atom is 0.151 e. The number of aryl methyl sites for hydroxylation is 2. The van der Waals surface area contributed by atoms with Gasteiger partial charge in [0.25, 0.3) is 0 Å². The van der Waals surface area contributed by atoms with Crippen molar-refractivity contribution in [3.8, 4) is 16.9 Å². The molecule has 1 fully saturated rings. The first kappa shape index (κ1) is 21.5. The molecule has 3 heterocycles. The summed E-state index contributed by atoms with van der Waals surface area (Å²) < 4.78 is 31.5. The van der Waals surface area contributed by atoms with E-state index >= 15 is 0 Å². The van der Waals surface area contributed by atoms with E-state index in [-0.39, 0.29) is 5.69 Å². The molecule has 6 nitrogen and oxygen atoms in total. The van der Waals surface area contributed by atoms with E-state index in [9.17, 15) is 8.78 Å². The van der Waals surface area contributed by atoms with E-state index in [0.29, 0.717) is 12.5 Å². The Morgan fingerprint density at radius 2 is 1.97 bits per heavy atom. The van der Waals surface area contributed by atoms with Gasteiger partial charge in [-0.25, -0.2) is 13.5 Å². The Labute approximate surface area is 191 Å². The summed E-state index contributed by atoms with van der Waals surface area (Å²) in [5, 5.41) is 13.1. The zero-order chi connectivity index (χ0) is 22.9. The van der Waals surface area contributed by atoms with Gasteiger partial charge in [-0.2, -0.15) is 5.10 Å². The first-order valence-corrected chi connectivity index (χ1v) is 11.2. The van der Waals surface area contributed by atoms with E-state index in [2.05, 4.69) is 15.1 Å². The van der Waals surface area contributed by atoms with Gasteiger partial charge in [-0.15, -0.1) is 10.2 Å². The fourth-order valence-corrected chi connectivity index (χ4v) is 4.69. The smallest absolute Gasteiger partial charge is 0.151 e. The first-order chi connectivity index (χ1) is 16.0. The SMILES string of the molecule is Cc1ccccc1-c1nn(-c2ccc(F)cc2F)cc1CN1CCC[C@H](c2nncn2C)C1. The van der Waals surface area contributed by atoms with Crippen LogP contribution in [0.15, 0.2) is 55.0 Å². The molecule has 2 aromatic carbocycles. The molecule has 0 radical (unpaired) electrons. The van der Waals surface area contributed by atoms with Crippen LogP contribution in [0.25, 0.3) is 16.9 Å². The van der Waals surface area contributed by atoms with Crippen molar-refractivity contribution in [3.05, 3.63) is 83.6 Å². The molecule has 0 unspecified atom stereocenters. The number of hydrogen-bond acceptors (Lipinski definition) is 4. The summed E-state index contributed by atoms with van der Waals surface area (Å²) in [5.74, 6) is 0.0762. The number of nitrogens with zero attached hydrogens (tertiary/aromatic N) is 6. The zero-order valence-corrected chi connectivity index (χ0v) is 18.7. The average molecular weight is 449 g/mol. The summed E-state index contributed by atoms with van der Waals surface area (Å²) in [6.45, 7) is 4.57. The molecule has 0 spiro atoms. The molecule has 33 heavy (non-hydrogen) atoms. The van der Waals surface area contributed by atoms with Gasteiger partial charge in [-0.1, -0.05) is 24.3 Å². The van der Waals surface area contributed by atoms with Crippen LogP contribution in [0.5, 0.6) is 0 Å². The molecule has 5 rings (SSSR count). The highest BCUT2D eigenvalue weighted by atomic mass is 19.1. The van der Waals surface area contributed by atoms with E-state index in [4.69, 9.17) is 5.10 Å². The van der Waals surface area contributed by atoms with Crippen molar-refractivity contribution in [3.63, 3.8) is 0 Å². The summed E-state index contributed by atoms with van der Waals surface area (Å²) in [4.78, 5) is 2.40. The van der Waals surface area contributed by atoms with Gasteiger partial charge in [-0.05, 0) is 44.0 Å². The van der Waals surface area contributed by atoms with Crippen molar-refractivity contribution in [1.82, 2.24) is 29.4 Å². The van der Waals surface area contributed by atoms with Gasteiger partial charge >= 0.3 is 0 Å². The molecule has 1 aliphatic heterocycles. The molecule has 1 aliphatic rings. The van der Waals surface area contributed by atoms with Crippen molar-refractivity contribution < 1.29 is 8.78 Å². The molecule has 170 valence electrons. The van der Waals surface area contributed by atoms with E-state index in [1.165, 1.54) is 16.8 Å². The Bertz CT molecular complexity index is 1280. The minimum Gasteiger partial charge on any atom is -0.320 e. The van der Waals surface area contributed by atoms with Gasteiger partial charge in [0, 0.05) is 49.4 Å². The van der Waals surface area contributed by atoms with Crippen LogP contribution in [0.2, 0.25) is 0 Å². The Balaban J connectivity index is 1.50. The molecular formula is C25H26F2N6. The molecule has 2 aromatic heterocycles. The predicted octanol–water partition coefficient (Wildman–Crippen LogP) is 4.63. The highest BCUT2D eigenvalue weighted by molar-refractivity contribution is 5.67. The molecule has 1 atom stereocenters. The lowest BCUT2D eigenvalue weighted by atomic mass is 9.96. The maximum atomic E-state index is 14.5. The van der Waals surface area contributed by atoms with Crippen molar-refractivity contribution in [2.75, 3.05) is 13.1 Å². The molecule has 4 aromatic rings. The lowest BCUT2D eigenvalue weighted by Gasteiger charge is -2.32. The van der Waals surface area contributed by atoms with Crippen molar-refractivity contribution in [2.45, 2.75) is 32.2 Å². The van der Waals surface area contributed by atoms with Crippen LogP contribution < -0.4 is 0 Å². The first-order valence-electron chi connectivity index (χ1n) is 11.2. The second-order valence-corrected chi connectivity index (χ2v) is 8.73. The standard InChI is InChI=1S/C25H26F2N6/c1-17-6-3-4-8-21(17)24-19(15-33(30-24)23-10-9-20(26)12-22(23)27)14-32-11-5-7-18(13-32)25-29-28-16-31(25)2/h3-4,6,8-10,12,15-16,18H,5,7,11,13-14H2,1-2H3/t18-/m0/s1. The van der Waals surface area contributed by atoms with Crippen LogP contribution in [-0.2, 0) is 13.6 Å². The van der Waals surface area contributed by atoms with Crippen molar-refractivity contribution >= 4 is 0 Å². The number of hydrogen-bond donors (Lipinski definition) is 0. The van der Waals surface area contributed by atoms with Crippen molar-refractivity contribution in [2.24, 2.45) is 7.05 Å². The predicted molar refractivity (Wildman–Crippen MR) is 122 cm³/mol. The highest BCUT2D eigenvalue weighted by Gasteiger charge is 2.26. The van der Waals surface area contributed by atoms with Crippen LogP contribution in [0, 0.1) is 18.6 Å². The van der Waals surface area contributed by atoms with Gasteiger partial charge in [0.1, 0.15) is 23.7 Å². The third-order valence-electron chi connectivity index (χ3n) is 6.36. The molecule has 0 amide bonds. The Hall–Kier alpha value is -3.39. The van der Waals surface area contributed by atoms with Gasteiger partial charge < -0.3 is 4.57 Å². The normalized spacial score (nSPS) is 16.9. The van der Waals surface area contributed by atoms with Gasteiger partial charge in [0.2, 0.25) is 0 Å². The van der Waals surface area contributed by atoms with Crippen LogP contribution >= 0.6 is 0 Å². The summed E-state index contributed by atoms with van der Waals surface area (Å²) in [6.07, 6.45) is 5.75. The van der Waals surface area contributed by atoms with Crippen LogP contribution in [0.4, 0.5) is 8.78 Å². The van der Waals surface area contributed by atoms with Gasteiger partial charge in [0.15, 0.2) is 5.82 Å². The zero-order valence-electron chi connectivity index (χ0n) is 18.7. The largest absolute Gasteiger partial charge is 0.320 e. The second-order valence-electron chi connectivity index (χ2n) is 8.73. The quantitative estimate of drug-likeness (QED) is 0.447. The average Bonchev–Trinajstić information content (AvgIpc) is 3.40. The Kier molecular flexibility index (Phi) is 5.76.